The number of ether oxygens (including phenoxy) is 1. The fourth-order valence-electron chi connectivity index (χ4n) is 5.70. The fourth-order valence-corrected chi connectivity index (χ4v) is 5.70. The summed E-state index contributed by atoms with van der Waals surface area (Å²) in [5, 5.41) is 16.9. The number of nitrogens with zero attached hydrogens (tertiary/aromatic N) is 3. The quantitative estimate of drug-likeness (QED) is 0.252. The minimum atomic E-state index is -0.596. The number of phenols is 1. The molecule has 196 valence electrons. The number of anilines is 2. The highest BCUT2D eigenvalue weighted by molar-refractivity contribution is 5.98. The first-order valence-electron chi connectivity index (χ1n) is 13.1. The van der Waals surface area contributed by atoms with Crippen LogP contribution in [-0.2, 0) is 9.53 Å². The van der Waals surface area contributed by atoms with Gasteiger partial charge in [0.1, 0.15) is 11.3 Å². The zero-order valence-corrected chi connectivity index (χ0v) is 21.3. The lowest BCUT2D eigenvalue weighted by molar-refractivity contribution is -0.124. The maximum atomic E-state index is 13.1. The fraction of sp³-hybridized carbons (Fsp3) is 0.464. The van der Waals surface area contributed by atoms with Gasteiger partial charge in [0.05, 0.1) is 31.1 Å². The number of aliphatic imine (C=N–C) groups is 1. The van der Waals surface area contributed by atoms with Gasteiger partial charge in [0.15, 0.2) is 5.96 Å². The van der Waals surface area contributed by atoms with Crippen LogP contribution in [-0.4, -0.2) is 66.3 Å². The standard InChI is InChI=1S/C28H35N5O4/c1-37-25(35)20-12-13-24(34)23(18-20)31-27(30-21-8-4-2-5-9-21)32-16-14-28(15-17-32)26(36)29-19-33(28)22-10-6-3-7-11-22/h3,6-7,10-13,18,21,34H,2,4-5,8-9,14-17,19H2,1H3,(H,29,36)(H,30,31). The Morgan fingerprint density at radius 1 is 1.11 bits per heavy atom. The molecule has 0 unspecified atom stereocenters. The van der Waals surface area contributed by atoms with Crippen molar-refractivity contribution < 1.29 is 19.4 Å². The average Bonchev–Trinajstić information content (AvgIpc) is 3.25. The molecule has 2 heterocycles. The first-order chi connectivity index (χ1) is 18.0. The first kappa shape index (κ1) is 24.9. The van der Waals surface area contributed by atoms with Gasteiger partial charge < -0.3 is 30.3 Å². The molecule has 0 radical (unpaired) electrons. The number of hydrogen-bond acceptors (Lipinski definition) is 6. The smallest absolute Gasteiger partial charge is 0.337 e. The lowest BCUT2D eigenvalue weighted by atomic mass is 9.85. The maximum Gasteiger partial charge on any atom is 0.337 e. The Morgan fingerprint density at radius 3 is 2.54 bits per heavy atom. The van der Waals surface area contributed by atoms with Crippen LogP contribution in [0.1, 0.15) is 55.3 Å². The Kier molecular flexibility index (Phi) is 7.21. The summed E-state index contributed by atoms with van der Waals surface area (Å²) >= 11 is 0. The van der Waals surface area contributed by atoms with E-state index >= 15 is 0 Å². The van der Waals surface area contributed by atoms with Gasteiger partial charge in [0.2, 0.25) is 5.91 Å². The van der Waals surface area contributed by atoms with Crippen LogP contribution in [0.15, 0.2) is 53.5 Å². The van der Waals surface area contributed by atoms with Gasteiger partial charge in [-0.15, -0.1) is 0 Å². The largest absolute Gasteiger partial charge is 0.506 e. The molecule has 1 saturated carbocycles. The molecule has 0 bridgehead atoms. The number of hydrogen-bond donors (Lipinski definition) is 3. The van der Waals surface area contributed by atoms with E-state index in [0.717, 1.165) is 31.4 Å². The Labute approximate surface area is 217 Å². The van der Waals surface area contributed by atoms with E-state index in [1.165, 1.54) is 25.7 Å². The number of rotatable bonds is 4. The molecule has 3 fully saturated rings. The number of para-hydroxylation sites is 1. The second-order valence-corrected chi connectivity index (χ2v) is 10.0. The summed E-state index contributed by atoms with van der Waals surface area (Å²) in [7, 11) is 1.33. The molecule has 9 heteroatoms. The summed E-state index contributed by atoms with van der Waals surface area (Å²) in [5.41, 5.74) is 1.19. The highest BCUT2D eigenvalue weighted by atomic mass is 16.5. The van der Waals surface area contributed by atoms with Gasteiger partial charge in [-0.25, -0.2) is 9.79 Å². The summed E-state index contributed by atoms with van der Waals surface area (Å²) in [5.74, 6) is 0.298. The molecule has 1 spiro atoms. The number of carbonyl (C=O) groups excluding carboxylic acids is 2. The van der Waals surface area contributed by atoms with Crippen molar-refractivity contribution in [3.05, 3.63) is 54.1 Å². The van der Waals surface area contributed by atoms with E-state index < -0.39 is 11.5 Å². The number of likely N-dealkylation sites (tertiary alicyclic amines) is 1. The van der Waals surface area contributed by atoms with Gasteiger partial charge in [-0.05, 0) is 56.0 Å². The summed E-state index contributed by atoms with van der Waals surface area (Å²) < 4.78 is 4.85. The maximum absolute atomic E-state index is 13.1. The number of phenolic OH excluding ortho intramolecular Hbond substituents is 1. The molecule has 5 rings (SSSR count). The predicted molar refractivity (Wildman–Crippen MR) is 143 cm³/mol. The van der Waals surface area contributed by atoms with Gasteiger partial charge in [0.25, 0.3) is 0 Å². The Morgan fingerprint density at radius 2 is 1.84 bits per heavy atom. The van der Waals surface area contributed by atoms with Crippen LogP contribution < -0.4 is 15.5 Å². The highest BCUT2D eigenvalue weighted by Gasteiger charge is 2.50. The molecule has 37 heavy (non-hydrogen) atoms. The number of guanidine groups is 1. The number of amides is 1. The van der Waals surface area contributed by atoms with E-state index in [1.54, 1.807) is 6.07 Å². The monoisotopic (exact) mass is 505 g/mol. The van der Waals surface area contributed by atoms with E-state index in [1.807, 2.05) is 30.3 Å². The molecule has 0 atom stereocenters. The molecule has 0 aromatic heterocycles. The van der Waals surface area contributed by atoms with Crippen molar-refractivity contribution in [2.24, 2.45) is 4.99 Å². The van der Waals surface area contributed by atoms with E-state index in [0.29, 0.717) is 49.8 Å². The zero-order chi connectivity index (χ0) is 25.8. The van der Waals surface area contributed by atoms with Crippen LogP contribution >= 0.6 is 0 Å². The topological polar surface area (TPSA) is 106 Å². The number of esters is 1. The summed E-state index contributed by atoms with van der Waals surface area (Å²) in [6.07, 6.45) is 6.89. The van der Waals surface area contributed by atoms with Crippen LogP contribution in [0, 0.1) is 0 Å². The molecular weight excluding hydrogens is 470 g/mol. The van der Waals surface area contributed by atoms with Crippen LogP contribution in [0.25, 0.3) is 0 Å². The summed E-state index contributed by atoms with van der Waals surface area (Å²) in [6.45, 7) is 1.76. The van der Waals surface area contributed by atoms with Gasteiger partial charge in [-0.1, -0.05) is 37.5 Å². The van der Waals surface area contributed by atoms with Gasteiger partial charge in [-0.3, -0.25) is 4.79 Å². The number of nitrogens with one attached hydrogen (secondary N) is 2. The normalized spacial score (nSPS) is 20.1. The van der Waals surface area contributed by atoms with Crippen molar-refractivity contribution in [3.8, 4) is 5.75 Å². The van der Waals surface area contributed by atoms with Crippen molar-refractivity contribution in [2.45, 2.75) is 56.5 Å². The lowest BCUT2D eigenvalue weighted by Gasteiger charge is -2.44. The van der Waals surface area contributed by atoms with Crippen molar-refractivity contribution >= 4 is 29.2 Å². The number of piperidine rings is 1. The van der Waals surface area contributed by atoms with E-state index in [-0.39, 0.29) is 17.7 Å². The molecule has 2 saturated heterocycles. The third-order valence-corrected chi connectivity index (χ3v) is 7.84. The summed E-state index contributed by atoms with van der Waals surface area (Å²) in [4.78, 5) is 34.6. The Hall–Kier alpha value is -3.75. The van der Waals surface area contributed by atoms with Crippen LogP contribution in [0.3, 0.4) is 0 Å². The van der Waals surface area contributed by atoms with Crippen LogP contribution in [0.2, 0.25) is 0 Å². The van der Waals surface area contributed by atoms with Crippen molar-refractivity contribution in [2.75, 3.05) is 37.1 Å². The lowest BCUT2D eigenvalue weighted by Crippen LogP contribution is -2.58. The van der Waals surface area contributed by atoms with Gasteiger partial charge in [-0.2, -0.15) is 0 Å². The van der Waals surface area contributed by atoms with Crippen molar-refractivity contribution in [1.82, 2.24) is 10.2 Å². The highest BCUT2D eigenvalue weighted by Crippen LogP contribution is 2.37. The molecule has 9 nitrogen and oxygen atoms in total. The minimum absolute atomic E-state index is 0.0305. The SMILES string of the molecule is COC(=O)c1ccc(O)c(NC(=NC2CCCCC2)N2CCC3(CC2)C(=O)NCN3c2ccccc2)c1. The molecule has 2 aliphatic heterocycles. The molecule has 2 aromatic rings. The second-order valence-electron chi connectivity index (χ2n) is 10.0. The van der Waals surface area contributed by atoms with E-state index in [4.69, 9.17) is 9.73 Å². The molecule has 2 aromatic carbocycles. The molecule has 1 amide bonds. The molecule has 3 aliphatic rings. The van der Waals surface area contributed by atoms with Gasteiger partial charge in [0, 0.05) is 18.8 Å². The van der Waals surface area contributed by atoms with Crippen molar-refractivity contribution in [1.29, 1.82) is 0 Å². The third kappa shape index (κ3) is 5.08. The van der Waals surface area contributed by atoms with E-state index in [9.17, 15) is 14.7 Å². The molecule has 3 N–H and O–H groups in total. The number of carbonyl (C=O) groups is 2. The first-order valence-corrected chi connectivity index (χ1v) is 13.1. The second kappa shape index (κ2) is 10.7. The number of aromatic hydroxyl groups is 1. The Balaban J connectivity index is 1.39. The molecule has 1 aliphatic carbocycles. The summed E-state index contributed by atoms with van der Waals surface area (Å²) in [6, 6.07) is 14.9. The van der Waals surface area contributed by atoms with Crippen LogP contribution in [0.4, 0.5) is 11.4 Å². The zero-order valence-electron chi connectivity index (χ0n) is 21.3. The minimum Gasteiger partial charge on any atom is -0.506 e. The number of benzene rings is 2. The Bertz CT molecular complexity index is 1150. The van der Waals surface area contributed by atoms with Gasteiger partial charge >= 0.3 is 5.97 Å². The van der Waals surface area contributed by atoms with E-state index in [2.05, 4.69) is 20.4 Å². The van der Waals surface area contributed by atoms with Crippen molar-refractivity contribution in [3.63, 3.8) is 0 Å². The third-order valence-electron chi connectivity index (χ3n) is 7.84. The number of methoxy groups -OCH3 is 1. The predicted octanol–water partition coefficient (Wildman–Crippen LogP) is 3.71. The molecular formula is C28H35N5O4. The van der Waals surface area contributed by atoms with Crippen LogP contribution in [0.5, 0.6) is 5.75 Å². The average molecular weight is 506 g/mol.